The van der Waals surface area contributed by atoms with Crippen molar-refractivity contribution >= 4 is 29.2 Å². The van der Waals surface area contributed by atoms with Gasteiger partial charge in [0.2, 0.25) is 0 Å². The van der Waals surface area contributed by atoms with Gasteiger partial charge in [-0.1, -0.05) is 23.2 Å². The van der Waals surface area contributed by atoms with Crippen molar-refractivity contribution in [3.05, 3.63) is 62.9 Å². The number of ether oxygens (including phenoxy) is 2. The lowest BCUT2D eigenvalue weighted by Crippen LogP contribution is -2.24. The van der Waals surface area contributed by atoms with E-state index in [1.165, 1.54) is 12.1 Å². The first kappa shape index (κ1) is 19.5. The van der Waals surface area contributed by atoms with E-state index in [4.69, 9.17) is 32.7 Å². The third-order valence-corrected chi connectivity index (χ3v) is 4.05. The molecule has 0 atom stereocenters. The van der Waals surface area contributed by atoms with Gasteiger partial charge in [-0.05, 0) is 63.6 Å². The Kier molecular flexibility index (Phi) is 5.96. The zero-order valence-electron chi connectivity index (χ0n) is 14.5. The Balaban J connectivity index is 2.16. The van der Waals surface area contributed by atoms with Crippen molar-refractivity contribution in [2.75, 3.05) is 0 Å². The summed E-state index contributed by atoms with van der Waals surface area (Å²) in [4.78, 5) is 12.0. The maximum absolute atomic E-state index is 14.3. The van der Waals surface area contributed by atoms with Gasteiger partial charge in [-0.25, -0.2) is 9.18 Å². The molecule has 6 heteroatoms. The van der Waals surface area contributed by atoms with Gasteiger partial charge in [0.15, 0.2) is 0 Å². The van der Waals surface area contributed by atoms with Gasteiger partial charge in [0.1, 0.15) is 23.8 Å². The minimum atomic E-state index is -0.757. The normalized spacial score (nSPS) is 11.3. The van der Waals surface area contributed by atoms with E-state index < -0.39 is 17.4 Å². The molecule has 0 spiro atoms. The summed E-state index contributed by atoms with van der Waals surface area (Å²) < 4.78 is 25.1. The van der Waals surface area contributed by atoms with Crippen LogP contribution in [0, 0.1) is 12.7 Å². The van der Waals surface area contributed by atoms with Crippen molar-refractivity contribution in [1.82, 2.24) is 0 Å². The van der Waals surface area contributed by atoms with E-state index in [2.05, 4.69) is 0 Å². The summed E-state index contributed by atoms with van der Waals surface area (Å²) >= 11 is 12.1. The molecule has 2 aromatic rings. The second-order valence-electron chi connectivity index (χ2n) is 6.63. The van der Waals surface area contributed by atoms with E-state index in [1.54, 1.807) is 39.0 Å². The van der Waals surface area contributed by atoms with Crippen LogP contribution in [0.3, 0.4) is 0 Å². The lowest BCUT2D eigenvalue weighted by Gasteiger charge is -2.20. The predicted molar refractivity (Wildman–Crippen MR) is 97.1 cm³/mol. The van der Waals surface area contributed by atoms with Crippen LogP contribution in [-0.2, 0) is 11.3 Å². The monoisotopic (exact) mass is 384 g/mol. The molecule has 0 radical (unpaired) electrons. The van der Waals surface area contributed by atoms with E-state index >= 15 is 0 Å². The molecule has 0 saturated carbocycles. The maximum Gasteiger partial charge on any atom is 0.341 e. The number of carbonyl (C=O) groups is 1. The van der Waals surface area contributed by atoms with Crippen LogP contribution in [0.1, 0.15) is 42.3 Å². The molecule has 3 nitrogen and oxygen atoms in total. The first-order chi connectivity index (χ1) is 11.6. The van der Waals surface area contributed by atoms with E-state index in [1.807, 2.05) is 6.92 Å². The lowest BCUT2D eigenvalue weighted by molar-refractivity contribution is 0.00646. The molecule has 0 aliphatic heterocycles. The summed E-state index contributed by atoms with van der Waals surface area (Å²) in [5.74, 6) is -0.869. The zero-order chi connectivity index (χ0) is 18.8. The average Bonchev–Trinajstić information content (AvgIpc) is 2.49. The molecule has 0 fully saturated rings. The third-order valence-electron chi connectivity index (χ3n) is 3.28. The molecule has 134 valence electrons. The number of aryl methyl sites for hydroxylation is 1. The average molecular weight is 385 g/mol. The van der Waals surface area contributed by atoms with Gasteiger partial charge in [-0.3, -0.25) is 0 Å². The molecular weight excluding hydrogens is 366 g/mol. The van der Waals surface area contributed by atoms with E-state index in [-0.39, 0.29) is 17.2 Å². The van der Waals surface area contributed by atoms with Gasteiger partial charge in [0.05, 0.1) is 5.56 Å². The van der Waals surface area contributed by atoms with E-state index in [9.17, 15) is 9.18 Å². The molecule has 0 bridgehead atoms. The highest BCUT2D eigenvalue weighted by atomic mass is 35.5. The lowest BCUT2D eigenvalue weighted by atomic mass is 10.1. The fourth-order valence-electron chi connectivity index (χ4n) is 2.06. The number of benzene rings is 2. The van der Waals surface area contributed by atoms with Crippen LogP contribution >= 0.6 is 23.2 Å². The van der Waals surface area contributed by atoms with Crippen LogP contribution in [0.5, 0.6) is 5.75 Å². The number of carbonyl (C=O) groups excluding carboxylic acids is 1. The summed E-state index contributed by atoms with van der Waals surface area (Å²) in [6, 6.07) is 7.66. The van der Waals surface area contributed by atoms with Crippen LogP contribution in [0.2, 0.25) is 10.0 Å². The third kappa shape index (κ3) is 5.35. The Morgan fingerprint density at radius 3 is 2.40 bits per heavy atom. The smallest absolute Gasteiger partial charge is 0.341 e. The molecule has 0 aromatic heterocycles. The summed E-state index contributed by atoms with van der Waals surface area (Å²) in [6.07, 6.45) is 0. The molecular formula is C19H19Cl2FO3. The van der Waals surface area contributed by atoms with E-state index in [0.717, 1.165) is 5.56 Å². The highest BCUT2D eigenvalue weighted by Crippen LogP contribution is 2.26. The van der Waals surface area contributed by atoms with Crippen LogP contribution < -0.4 is 4.74 Å². The summed E-state index contributed by atoms with van der Waals surface area (Å²) in [5.41, 5.74) is 0.381. The fraction of sp³-hybridized carbons (Fsp3) is 0.316. The highest BCUT2D eigenvalue weighted by molar-refractivity contribution is 6.31. The van der Waals surface area contributed by atoms with Gasteiger partial charge in [0.25, 0.3) is 0 Å². The molecule has 0 heterocycles. The Morgan fingerprint density at radius 2 is 1.80 bits per heavy atom. The van der Waals surface area contributed by atoms with Crippen molar-refractivity contribution < 1.29 is 18.7 Å². The molecule has 0 unspecified atom stereocenters. The van der Waals surface area contributed by atoms with Crippen LogP contribution in [-0.4, -0.2) is 11.6 Å². The van der Waals surface area contributed by atoms with Crippen molar-refractivity contribution in [3.8, 4) is 5.75 Å². The molecule has 2 aromatic carbocycles. The number of rotatable bonds is 4. The molecule has 2 rings (SSSR count). The Labute approximate surface area is 156 Å². The number of halogens is 3. The largest absolute Gasteiger partial charge is 0.489 e. The van der Waals surface area contributed by atoms with E-state index in [0.29, 0.717) is 16.3 Å². The van der Waals surface area contributed by atoms with Gasteiger partial charge < -0.3 is 9.47 Å². The summed E-state index contributed by atoms with van der Waals surface area (Å²) in [5, 5.41) is 0.867. The topological polar surface area (TPSA) is 35.5 Å². The second-order valence-corrected chi connectivity index (χ2v) is 7.44. The Hall–Kier alpha value is -1.78. The first-order valence-electron chi connectivity index (χ1n) is 7.67. The number of hydrogen-bond donors (Lipinski definition) is 0. The van der Waals surface area contributed by atoms with Crippen molar-refractivity contribution in [2.24, 2.45) is 0 Å². The minimum absolute atomic E-state index is 0.0609. The van der Waals surface area contributed by atoms with Crippen LogP contribution in [0.4, 0.5) is 4.39 Å². The van der Waals surface area contributed by atoms with Gasteiger partial charge in [-0.15, -0.1) is 0 Å². The summed E-state index contributed by atoms with van der Waals surface area (Å²) in [6.45, 7) is 7.05. The van der Waals surface area contributed by atoms with Gasteiger partial charge in [-0.2, -0.15) is 0 Å². The molecule has 0 N–H and O–H groups in total. The highest BCUT2D eigenvalue weighted by Gasteiger charge is 2.22. The number of hydrogen-bond acceptors (Lipinski definition) is 3. The molecule has 25 heavy (non-hydrogen) atoms. The molecule has 0 amide bonds. The van der Waals surface area contributed by atoms with Crippen LogP contribution in [0.15, 0.2) is 30.3 Å². The molecule has 0 aliphatic rings. The van der Waals surface area contributed by atoms with Gasteiger partial charge in [0, 0.05) is 15.6 Å². The Bertz CT molecular complexity index is 798. The number of esters is 1. The van der Waals surface area contributed by atoms with Crippen molar-refractivity contribution in [2.45, 2.75) is 39.9 Å². The molecule has 0 aliphatic carbocycles. The SMILES string of the molecule is Cc1cc(OCc2cc(F)c(C(=O)OC(C)(C)C)cc2Cl)ccc1Cl. The van der Waals surface area contributed by atoms with Crippen LogP contribution in [0.25, 0.3) is 0 Å². The van der Waals surface area contributed by atoms with Crippen molar-refractivity contribution in [1.29, 1.82) is 0 Å². The Morgan fingerprint density at radius 1 is 1.12 bits per heavy atom. The van der Waals surface area contributed by atoms with Crippen molar-refractivity contribution in [3.63, 3.8) is 0 Å². The predicted octanol–water partition coefficient (Wildman–Crippen LogP) is 5.98. The zero-order valence-corrected chi connectivity index (χ0v) is 16.0. The fourth-order valence-corrected chi connectivity index (χ4v) is 2.39. The minimum Gasteiger partial charge on any atom is -0.489 e. The quantitative estimate of drug-likeness (QED) is 0.608. The maximum atomic E-state index is 14.3. The molecule has 0 saturated heterocycles. The second kappa shape index (κ2) is 7.63. The van der Waals surface area contributed by atoms with Gasteiger partial charge >= 0.3 is 5.97 Å². The first-order valence-corrected chi connectivity index (χ1v) is 8.42. The standard InChI is InChI=1S/C19H19Cl2FO3/c1-11-7-13(5-6-15(11)20)24-10-12-8-17(22)14(9-16(12)21)18(23)25-19(2,3)4/h5-9H,10H2,1-4H3. The summed E-state index contributed by atoms with van der Waals surface area (Å²) in [7, 11) is 0.